The van der Waals surface area contributed by atoms with Crippen molar-refractivity contribution in [2.24, 2.45) is 5.73 Å². The van der Waals surface area contributed by atoms with Gasteiger partial charge in [-0.15, -0.1) is 0 Å². The molecule has 0 spiro atoms. The van der Waals surface area contributed by atoms with Gasteiger partial charge in [-0.3, -0.25) is 14.9 Å². The van der Waals surface area contributed by atoms with Crippen LogP contribution in [0, 0.1) is 21.4 Å². The summed E-state index contributed by atoms with van der Waals surface area (Å²) in [5.74, 6) is -0.748. The first-order chi connectivity index (χ1) is 9.04. The van der Waals surface area contributed by atoms with Crippen LogP contribution in [0.4, 0.5) is 5.69 Å². The van der Waals surface area contributed by atoms with E-state index in [4.69, 9.17) is 11.0 Å². The average Bonchev–Trinajstić information content (AvgIpc) is 2.85. The highest BCUT2D eigenvalue weighted by Crippen LogP contribution is 2.25. The van der Waals surface area contributed by atoms with E-state index in [1.165, 1.54) is 29.0 Å². The largest absolute Gasteiger partial charge is 0.366 e. The van der Waals surface area contributed by atoms with E-state index in [9.17, 15) is 14.9 Å². The van der Waals surface area contributed by atoms with E-state index in [2.05, 4.69) is 0 Å². The predicted octanol–water partition coefficient (Wildman–Crippen LogP) is 1.36. The number of carbonyl (C=O) groups excluding carboxylic acids is 1. The normalized spacial score (nSPS) is 9.84. The van der Waals surface area contributed by atoms with Crippen molar-refractivity contribution >= 4 is 11.6 Å². The minimum Gasteiger partial charge on any atom is -0.366 e. The van der Waals surface area contributed by atoms with Gasteiger partial charge < -0.3 is 10.3 Å². The van der Waals surface area contributed by atoms with Crippen LogP contribution in [0.5, 0.6) is 0 Å². The second kappa shape index (κ2) is 4.62. The molecule has 19 heavy (non-hydrogen) atoms. The molecule has 0 saturated heterocycles. The molecule has 0 aliphatic carbocycles. The molecule has 0 aliphatic rings. The van der Waals surface area contributed by atoms with Crippen molar-refractivity contribution < 1.29 is 9.72 Å². The molecule has 1 amide bonds. The maximum Gasteiger partial charge on any atom is 0.294 e. The monoisotopic (exact) mass is 256 g/mol. The third-order valence-corrected chi connectivity index (χ3v) is 2.58. The van der Waals surface area contributed by atoms with Crippen molar-refractivity contribution in [3.63, 3.8) is 0 Å². The third-order valence-electron chi connectivity index (χ3n) is 2.58. The van der Waals surface area contributed by atoms with Gasteiger partial charge in [-0.1, -0.05) is 0 Å². The summed E-state index contributed by atoms with van der Waals surface area (Å²) in [6, 6.07) is 8.93. The summed E-state index contributed by atoms with van der Waals surface area (Å²) in [4.78, 5) is 21.5. The molecule has 1 aromatic heterocycles. The van der Waals surface area contributed by atoms with Gasteiger partial charge in [-0.2, -0.15) is 5.26 Å². The van der Waals surface area contributed by atoms with E-state index in [1.807, 2.05) is 6.07 Å². The van der Waals surface area contributed by atoms with Crippen LogP contribution < -0.4 is 5.73 Å². The lowest BCUT2D eigenvalue weighted by Gasteiger charge is -2.06. The molecule has 0 radical (unpaired) electrons. The van der Waals surface area contributed by atoms with Gasteiger partial charge in [0.1, 0.15) is 17.5 Å². The minimum absolute atomic E-state index is 0.0427. The number of hydrogen-bond acceptors (Lipinski definition) is 4. The Hall–Kier alpha value is -3.14. The molecular weight excluding hydrogens is 248 g/mol. The molecule has 0 atom stereocenters. The molecule has 2 N–H and O–H groups in total. The summed E-state index contributed by atoms with van der Waals surface area (Å²) in [6.45, 7) is 0. The summed E-state index contributed by atoms with van der Waals surface area (Å²) < 4.78 is 1.38. The number of nitrogens with two attached hydrogens (primary N) is 1. The van der Waals surface area contributed by atoms with E-state index < -0.39 is 10.8 Å². The number of carbonyl (C=O) groups is 1. The first kappa shape index (κ1) is 12.3. The zero-order valence-electron chi connectivity index (χ0n) is 9.61. The van der Waals surface area contributed by atoms with Crippen LogP contribution in [0.3, 0.4) is 0 Å². The van der Waals surface area contributed by atoms with Crippen molar-refractivity contribution in [2.75, 3.05) is 0 Å². The molecule has 0 aliphatic heterocycles. The van der Waals surface area contributed by atoms with E-state index in [0.29, 0.717) is 0 Å². The summed E-state index contributed by atoms with van der Waals surface area (Å²) >= 11 is 0. The van der Waals surface area contributed by atoms with Gasteiger partial charge in [0.05, 0.1) is 4.92 Å². The summed E-state index contributed by atoms with van der Waals surface area (Å²) in [5.41, 5.74) is 5.31. The number of nitro benzene ring substituents is 1. The lowest BCUT2D eigenvalue weighted by Crippen LogP contribution is -2.12. The van der Waals surface area contributed by atoms with Crippen LogP contribution >= 0.6 is 0 Å². The molecule has 7 nitrogen and oxygen atoms in total. The Morgan fingerprint density at radius 3 is 2.74 bits per heavy atom. The van der Waals surface area contributed by atoms with E-state index in [0.717, 1.165) is 6.07 Å². The predicted molar refractivity (Wildman–Crippen MR) is 65.7 cm³/mol. The SMILES string of the molecule is N#Cc1cccn1-c1ccc(C(N)=O)cc1[N+](=O)[O-]. The van der Waals surface area contributed by atoms with Gasteiger partial charge in [0, 0.05) is 17.8 Å². The number of nitro groups is 1. The summed E-state index contributed by atoms with van der Waals surface area (Å²) in [7, 11) is 0. The van der Waals surface area contributed by atoms with Crippen LogP contribution in [-0.2, 0) is 0 Å². The zero-order chi connectivity index (χ0) is 14.0. The molecule has 1 heterocycles. The fraction of sp³-hybridized carbons (Fsp3) is 0. The smallest absolute Gasteiger partial charge is 0.294 e. The van der Waals surface area contributed by atoms with Gasteiger partial charge in [0.2, 0.25) is 5.91 Å². The maximum absolute atomic E-state index is 11.0. The van der Waals surface area contributed by atoms with Crippen molar-refractivity contribution in [1.82, 2.24) is 4.57 Å². The highest BCUT2D eigenvalue weighted by molar-refractivity contribution is 5.94. The van der Waals surface area contributed by atoms with Crippen LogP contribution in [0.1, 0.15) is 16.1 Å². The lowest BCUT2D eigenvalue weighted by molar-refractivity contribution is -0.384. The molecule has 0 fully saturated rings. The van der Waals surface area contributed by atoms with Crippen molar-refractivity contribution in [3.8, 4) is 11.8 Å². The number of hydrogen-bond donors (Lipinski definition) is 1. The lowest BCUT2D eigenvalue weighted by atomic mass is 10.1. The van der Waals surface area contributed by atoms with Crippen LogP contribution in [0.15, 0.2) is 36.5 Å². The van der Waals surface area contributed by atoms with E-state index >= 15 is 0 Å². The average molecular weight is 256 g/mol. The van der Waals surface area contributed by atoms with Crippen LogP contribution in [0.25, 0.3) is 5.69 Å². The molecule has 2 aromatic rings. The Labute approximate surface area is 107 Å². The van der Waals surface area contributed by atoms with Gasteiger partial charge in [-0.05, 0) is 24.3 Å². The highest BCUT2D eigenvalue weighted by atomic mass is 16.6. The zero-order valence-corrected chi connectivity index (χ0v) is 9.61. The minimum atomic E-state index is -0.748. The van der Waals surface area contributed by atoms with Crippen LogP contribution in [-0.4, -0.2) is 15.4 Å². The number of primary amides is 1. The maximum atomic E-state index is 11.0. The number of amides is 1. The van der Waals surface area contributed by atoms with Gasteiger partial charge in [0.15, 0.2) is 0 Å². The quantitative estimate of drug-likeness (QED) is 0.659. The second-order valence-electron chi connectivity index (χ2n) is 3.70. The molecule has 94 valence electrons. The molecule has 2 rings (SSSR count). The standard InChI is InChI=1S/C12H8N4O3/c13-7-9-2-1-5-15(9)10-4-3-8(12(14)17)6-11(10)16(18)19/h1-6H,(H2,14,17). The fourth-order valence-corrected chi connectivity index (χ4v) is 1.71. The number of aromatic nitrogens is 1. The number of rotatable bonds is 3. The summed E-state index contributed by atoms with van der Waals surface area (Å²) in [5, 5.41) is 20.0. The topological polar surface area (TPSA) is 115 Å². The molecule has 0 bridgehead atoms. The Balaban J connectivity index is 2.68. The van der Waals surface area contributed by atoms with E-state index in [-0.39, 0.29) is 22.6 Å². The van der Waals surface area contributed by atoms with E-state index in [1.54, 1.807) is 6.07 Å². The Bertz CT molecular complexity index is 712. The molecule has 0 unspecified atom stereocenters. The van der Waals surface area contributed by atoms with Crippen molar-refractivity contribution in [3.05, 3.63) is 57.9 Å². The van der Waals surface area contributed by atoms with Gasteiger partial charge in [0.25, 0.3) is 5.69 Å². The Kier molecular flexibility index (Phi) is 3.00. The van der Waals surface area contributed by atoms with Crippen molar-refractivity contribution in [2.45, 2.75) is 0 Å². The molecule has 1 aromatic carbocycles. The molecule has 7 heteroatoms. The fourth-order valence-electron chi connectivity index (χ4n) is 1.71. The highest BCUT2D eigenvalue weighted by Gasteiger charge is 2.19. The number of nitriles is 1. The number of nitrogens with zero attached hydrogens (tertiary/aromatic N) is 3. The van der Waals surface area contributed by atoms with Gasteiger partial charge >= 0.3 is 0 Å². The Morgan fingerprint density at radius 1 is 1.42 bits per heavy atom. The molecular formula is C12H8N4O3. The first-order valence-corrected chi connectivity index (χ1v) is 5.20. The third kappa shape index (κ3) is 2.14. The van der Waals surface area contributed by atoms with Gasteiger partial charge in [-0.25, -0.2) is 0 Å². The Morgan fingerprint density at radius 2 is 2.16 bits per heavy atom. The molecule has 0 saturated carbocycles. The summed E-state index contributed by atoms with van der Waals surface area (Å²) in [6.07, 6.45) is 1.53. The van der Waals surface area contributed by atoms with Crippen LogP contribution in [0.2, 0.25) is 0 Å². The first-order valence-electron chi connectivity index (χ1n) is 5.20. The van der Waals surface area contributed by atoms with Crippen molar-refractivity contribution in [1.29, 1.82) is 5.26 Å². The number of benzene rings is 1. The second-order valence-corrected chi connectivity index (χ2v) is 3.70.